The van der Waals surface area contributed by atoms with Crippen LogP contribution in [0.25, 0.3) is 0 Å². The average Bonchev–Trinajstić information content (AvgIpc) is 2.67. The third-order valence-electron chi connectivity index (χ3n) is 4.17. The second-order valence-corrected chi connectivity index (χ2v) is 6.41. The van der Waals surface area contributed by atoms with Gasteiger partial charge in [0.05, 0.1) is 11.8 Å². The molecule has 0 radical (unpaired) electrons. The highest BCUT2D eigenvalue weighted by Gasteiger charge is 2.36. The van der Waals surface area contributed by atoms with Crippen molar-refractivity contribution in [2.75, 3.05) is 0 Å². The van der Waals surface area contributed by atoms with Crippen LogP contribution in [0.1, 0.15) is 51.5 Å². The van der Waals surface area contributed by atoms with Crippen molar-refractivity contribution in [1.29, 1.82) is 0 Å². The van der Waals surface area contributed by atoms with Crippen molar-refractivity contribution in [2.45, 2.75) is 58.0 Å². The van der Waals surface area contributed by atoms with Gasteiger partial charge in [-0.3, -0.25) is 4.68 Å². The second-order valence-electron chi connectivity index (χ2n) is 6.41. The zero-order valence-corrected chi connectivity index (χ0v) is 11.2. The molecular formula is C14H24N2O. The Kier molecular flexibility index (Phi) is 3.30. The molecule has 1 fully saturated rings. The van der Waals surface area contributed by atoms with E-state index >= 15 is 0 Å². The van der Waals surface area contributed by atoms with Crippen LogP contribution in [0.5, 0.6) is 0 Å². The predicted molar refractivity (Wildman–Crippen MR) is 68.7 cm³/mol. The number of aliphatic hydroxyl groups is 1. The quantitative estimate of drug-likeness (QED) is 0.876. The number of rotatable bonds is 3. The summed E-state index contributed by atoms with van der Waals surface area (Å²) in [4.78, 5) is 0. The minimum Gasteiger partial charge on any atom is -0.390 e. The van der Waals surface area contributed by atoms with Gasteiger partial charge < -0.3 is 5.11 Å². The zero-order chi connectivity index (χ0) is 12.5. The number of hydrogen-bond acceptors (Lipinski definition) is 2. The minimum absolute atomic E-state index is 0.417. The highest BCUT2D eigenvalue weighted by molar-refractivity contribution is 5.05. The molecule has 1 saturated carbocycles. The molecule has 0 amide bonds. The molecule has 1 aromatic rings. The summed E-state index contributed by atoms with van der Waals surface area (Å²) in [5.41, 5.74) is 1.21. The average molecular weight is 236 g/mol. The minimum atomic E-state index is -0.439. The molecule has 0 atom stereocenters. The molecule has 3 heteroatoms. The van der Waals surface area contributed by atoms with Crippen LogP contribution < -0.4 is 0 Å². The summed E-state index contributed by atoms with van der Waals surface area (Å²) in [6.07, 6.45) is 9.90. The molecule has 1 aliphatic carbocycles. The SMILES string of the molecule is Cn1cc(CCC2(O)CCC(C)(C)CC2)cn1. The standard InChI is InChI=1S/C14H24N2O/c1-13(2)6-8-14(17,9-7-13)5-4-12-10-15-16(3)11-12/h10-11,17H,4-9H2,1-3H3. The lowest BCUT2D eigenvalue weighted by Crippen LogP contribution is -2.37. The van der Waals surface area contributed by atoms with Crippen LogP contribution in [-0.4, -0.2) is 20.5 Å². The third-order valence-corrected chi connectivity index (χ3v) is 4.17. The molecule has 2 rings (SSSR count). The first-order valence-electron chi connectivity index (χ1n) is 6.59. The van der Waals surface area contributed by atoms with Crippen LogP contribution in [0.4, 0.5) is 0 Å². The van der Waals surface area contributed by atoms with Crippen LogP contribution in [0.15, 0.2) is 12.4 Å². The number of nitrogens with zero attached hydrogens (tertiary/aromatic N) is 2. The lowest BCUT2D eigenvalue weighted by atomic mass is 9.69. The summed E-state index contributed by atoms with van der Waals surface area (Å²) in [5.74, 6) is 0. The fraction of sp³-hybridized carbons (Fsp3) is 0.786. The van der Waals surface area contributed by atoms with Gasteiger partial charge in [-0.2, -0.15) is 5.10 Å². The molecule has 17 heavy (non-hydrogen) atoms. The van der Waals surface area contributed by atoms with E-state index in [1.807, 2.05) is 24.1 Å². The van der Waals surface area contributed by atoms with Gasteiger partial charge in [0, 0.05) is 13.2 Å². The first kappa shape index (κ1) is 12.6. The first-order valence-corrected chi connectivity index (χ1v) is 6.59. The normalized spacial score (nSPS) is 22.6. The number of aryl methyl sites for hydroxylation is 2. The Labute approximate surface area is 104 Å². The molecule has 96 valence electrons. The molecule has 1 aliphatic rings. The first-order chi connectivity index (χ1) is 7.89. The van der Waals surface area contributed by atoms with Crippen LogP contribution in [0.3, 0.4) is 0 Å². The van der Waals surface area contributed by atoms with Gasteiger partial charge >= 0.3 is 0 Å². The summed E-state index contributed by atoms with van der Waals surface area (Å²) in [6, 6.07) is 0. The smallest absolute Gasteiger partial charge is 0.0651 e. The topological polar surface area (TPSA) is 38.0 Å². The van der Waals surface area contributed by atoms with E-state index in [0.717, 1.165) is 38.5 Å². The Morgan fingerprint density at radius 3 is 2.47 bits per heavy atom. The Balaban J connectivity index is 1.87. The Hall–Kier alpha value is -0.830. The summed E-state index contributed by atoms with van der Waals surface area (Å²) in [7, 11) is 1.93. The van der Waals surface area contributed by atoms with Crippen molar-refractivity contribution < 1.29 is 5.11 Å². The van der Waals surface area contributed by atoms with Crippen molar-refractivity contribution in [3.05, 3.63) is 18.0 Å². The molecule has 0 aliphatic heterocycles. The van der Waals surface area contributed by atoms with Gasteiger partial charge in [0.15, 0.2) is 0 Å². The fourth-order valence-corrected chi connectivity index (χ4v) is 2.62. The van der Waals surface area contributed by atoms with Gasteiger partial charge in [-0.1, -0.05) is 13.8 Å². The highest BCUT2D eigenvalue weighted by atomic mass is 16.3. The lowest BCUT2D eigenvalue weighted by Gasteiger charge is -2.40. The van der Waals surface area contributed by atoms with Gasteiger partial charge in [-0.15, -0.1) is 0 Å². The van der Waals surface area contributed by atoms with Crippen LogP contribution in [0.2, 0.25) is 0 Å². The maximum atomic E-state index is 10.5. The van der Waals surface area contributed by atoms with Crippen LogP contribution in [0, 0.1) is 5.41 Å². The van der Waals surface area contributed by atoms with Crippen molar-refractivity contribution in [3.63, 3.8) is 0 Å². The Bertz CT molecular complexity index is 371. The van der Waals surface area contributed by atoms with Gasteiger partial charge in [0.2, 0.25) is 0 Å². The molecule has 0 aromatic carbocycles. The van der Waals surface area contributed by atoms with E-state index < -0.39 is 5.60 Å². The van der Waals surface area contributed by atoms with Gasteiger partial charge in [0.1, 0.15) is 0 Å². The van der Waals surface area contributed by atoms with Gasteiger partial charge in [-0.25, -0.2) is 0 Å². The highest BCUT2D eigenvalue weighted by Crippen LogP contribution is 2.41. The molecule has 0 saturated heterocycles. The van der Waals surface area contributed by atoms with E-state index in [-0.39, 0.29) is 0 Å². The molecule has 0 bridgehead atoms. The Morgan fingerprint density at radius 1 is 1.29 bits per heavy atom. The van der Waals surface area contributed by atoms with Crippen molar-refractivity contribution >= 4 is 0 Å². The predicted octanol–water partition coefficient (Wildman–Crippen LogP) is 2.68. The Morgan fingerprint density at radius 2 is 1.94 bits per heavy atom. The maximum absolute atomic E-state index is 10.5. The monoisotopic (exact) mass is 236 g/mol. The van der Waals surface area contributed by atoms with Crippen LogP contribution in [-0.2, 0) is 13.5 Å². The number of hydrogen-bond donors (Lipinski definition) is 1. The van der Waals surface area contributed by atoms with Gasteiger partial charge in [0.25, 0.3) is 0 Å². The molecule has 3 nitrogen and oxygen atoms in total. The van der Waals surface area contributed by atoms with E-state index in [2.05, 4.69) is 18.9 Å². The van der Waals surface area contributed by atoms with Crippen molar-refractivity contribution in [1.82, 2.24) is 9.78 Å². The van der Waals surface area contributed by atoms with Gasteiger partial charge in [-0.05, 0) is 49.5 Å². The van der Waals surface area contributed by atoms with Crippen molar-refractivity contribution in [2.24, 2.45) is 12.5 Å². The molecule has 1 aromatic heterocycles. The van der Waals surface area contributed by atoms with E-state index in [4.69, 9.17) is 0 Å². The molecule has 1 N–H and O–H groups in total. The largest absolute Gasteiger partial charge is 0.390 e. The lowest BCUT2D eigenvalue weighted by molar-refractivity contribution is -0.0317. The summed E-state index contributed by atoms with van der Waals surface area (Å²) in [5, 5.41) is 14.7. The molecule has 0 unspecified atom stereocenters. The van der Waals surface area contributed by atoms with Crippen molar-refractivity contribution in [3.8, 4) is 0 Å². The molecule has 1 heterocycles. The number of aromatic nitrogens is 2. The molecule has 0 spiro atoms. The molecular weight excluding hydrogens is 212 g/mol. The van der Waals surface area contributed by atoms with E-state index in [1.165, 1.54) is 5.56 Å². The maximum Gasteiger partial charge on any atom is 0.0651 e. The second kappa shape index (κ2) is 4.45. The third kappa shape index (κ3) is 3.32. The summed E-state index contributed by atoms with van der Waals surface area (Å²) < 4.78 is 1.82. The van der Waals surface area contributed by atoms with E-state index in [0.29, 0.717) is 5.41 Å². The fourth-order valence-electron chi connectivity index (χ4n) is 2.62. The summed E-state index contributed by atoms with van der Waals surface area (Å²) >= 11 is 0. The van der Waals surface area contributed by atoms with E-state index in [1.54, 1.807) is 0 Å². The van der Waals surface area contributed by atoms with Crippen LogP contribution >= 0.6 is 0 Å². The summed E-state index contributed by atoms with van der Waals surface area (Å²) in [6.45, 7) is 4.60. The zero-order valence-electron chi connectivity index (χ0n) is 11.2. The van der Waals surface area contributed by atoms with E-state index in [9.17, 15) is 5.11 Å².